The smallest absolute Gasteiger partial charge is 0.306 e. The average molecular weight is 360 g/mol. The Morgan fingerprint density at radius 3 is 2.65 bits per heavy atom. The summed E-state index contributed by atoms with van der Waals surface area (Å²) in [7, 11) is 0. The molecule has 0 aliphatic heterocycles. The van der Waals surface area contributed by atoms with Gasteiger partial charge in [0.15, 0.2) is 6.61 Å². The zero-order valence-electron chi connectivity index (χ0n) is 15.1. The molecule has 1 amide bonds. The number of nitrogens with zero attached hydrogens (tertiary/aromatic N) is 1. The highest BCUT2D eigenvalue weighted by molar-refractivity contribution is 5.96. The summed E-state index contributed by atoms with van der Waals surface area (Å²) in [5.41, 5.74) is 1.44. The number of fused-ring (bicyclic) bond motifs is 2. The number of nitrogens with one attached hydrogen (secondary N) is 1. The molecule has 0 radical (unpaired) electrons. The first-order valence-electron chi connectivity index (χ1n) is 9.05. The predicted octanol–water partition coefficient (Wildman–Crippen LogP) is 3.52. The molecular weight excluding hydrogens is 336 g/mol. The number of benzene rings is 1. The second-order valence-corrected chi connectivity index (χ2v) is 7.51. The van der Waals surface area contributed by atoms with E-state index in [4.69, 9.17) is 4.74 Å². The van der Waals surface area contributed by atoms with E-state index < -0.39 is 17.4 Å². The molecular formula is C19H24N2O5. The lowest BCUT2D eigenvalue weighted by Crippen LogP contribution is -2.24. The fourth-order valence-electron chi connectivity index (χ4n) is 4.33. The van der Waals surface area contributed by atoms with Crippen LogP contribution in [0, 0.1) is 41.7 Å². The van der Waals surface area contributed by atoms with Crippen molar-refractivity contribution in [2.45, 2.75) is 46.0 Å². The van der Waals surface area contributed by atoms with Crippen molar-refractivity contribution in [3.63, 3.8) is 0 Å². The van der Waals surface area contributed by atoms with Gasteiger partial charge in [-0.3, -0.25) is 19.7 Å². The molecule has 2 saturated carbocycles. The van der Waals surface area contributed by atoms with Crippen LogP contribution in [0.5, 0.6) is 0 Å². The number of hydrogen-bond acceptors (Lipinski definition) is 5. The van der Waals surface area contributed by atoms with Gasteiger partial charge in [0, 0.05) is 12.5 Å². The molecule has 1 aromatic carbocycles. The van der Waals surface area contributed by atoms with Gasteiger partial charge in [-0.25, -0.2) is 0 Å². The molecule has 2 fully saturated rings. The monoisotopic (exact) mass is 360 g/mol. The van der Waals surface area contributed by atoms with Gasteiger partial charge in [-0.1, -0.05) is 12.5 Å². The van der Waals surface area contributed by atoms with Crippen molar-refractivity contribution >= 4 is 23.3 Å². The second kappa shape index (κ2) is 7.43. The number of hydrogen-bond donors (Lipinski definition) is 1. The van der Waals surface area contributed by atoms with E-state index in [1.807, 2.05) is 6.92 Å². The fraction of sp³-hybridized carbons (Fsp3) is 0.579. The SMILES string of the molecule is Cc1ccc([N+](=O)[O-])c(NC(=O)COC(=O)C[C@H]2C[C@@H]3CC[C@@H]2C3)c1C. The maximum atomic E-state index is 12.1. The molecule has 0 unspecified atom stereocenters. The van der Waals surface area contributed by atoms with Crippen molar-refractivity contribution in [1.82, 2.24) is 0 Å². The summed E-state index contributed by atoms with van der Waals surface area (Å²) in [5, 5.41) is 13.7. The largest absolute Gasteiger partial charge is 0.456 e. The van der Waals surface area contributed by atoms with Crippen LogP contribution < -0.4 is 5.32 Å². The van der Waals surface area contributed by atoms with Gasteiger partial charge in [-0.15, -0.1) is 0 Å². The molecule has 0 spiro atoms. The van der Waals surface area contributed by atoms with Gasteiger partial charge in [-0.05, 0) is 62.0 Å². The van der Waals surface area contributed by atoms with Crippen molar-refractivity contribution in [3.05, 3.63) is 33.4 Å². The number of esters is 1. The Morgan fingerprint density at radius 1 is 1.27 bits per heavy atom. The minimum absolute atomic E-state index is 0.157. The van der Waals surface area contributed by atoms with Crippen LogP contribution in [0.1, 0.15) is 43.2 Å². The van der Waals surface area contributed by atoms with E-state index in [0.29, 0.717) is 23.8 Å². The van der Waals surface area contributed by atoms with E-state index in [9.17, 15) is 19.7 Å². The van der Waals surface area contributed by atoms with Crippen LogP contribution in [-0.4, -0.2) is 23.4 Å². The maximum absolute atomic E-state index is 12.1. The van der Waals surface area contributed by atoms with Crippen LogP contribution >= 0.6 is 0 Å². The highest BCUT2D eigenvalue weighted by Crippen LogP contribution is 2.49. The first-order valence-corrected chi connectivity index (χ1v) is 9.05. The van der Waals surface area contributed by atoms with E-state index in [0.717, 1.165) is 17.9 Å². The molecule has 1 N–H and O–H groups in total. The number of nitro groups is 1. The third-order valence-electron chi connectivity index (χ3n) is 5.85. The minimum atomic E-state index is -0.567. The van der Waals surface area contributed by atoms with Crippen molar-refractivity contribution in [3.8, 4) is 0 Å². The van der Waals surface area contributed by atoms with Crippen LogP contribution in [0.2, 0.25) is 0 Å². The second-order valence-electron chi connectivity index (χ2n) is 7.51. The van der Waals surface area contributed by atoms with E-state index in [2.05, 4.69) is 5.32 Å². The first kappa shape index (κ1) is 18.4. The van der Waals surface area contributed by atoms with E-state index in [1.54, 1.807) is 13.0 Å². The number of nitro benzene ring substituents is 1. The number of rotatable bonds is 6. The number of ether oxygens (including phenoxy) is 1. The van der Waals surface area contributed by atoms with E-state index in [-0.39, 0.29) is 17.3 Å². The molecule has 2 aliphatic carbocycles. The van der Waals surface area contributed by atoms with E-state index >= 15 is 0 Å². The van der Waals surface area contributed by atoms with Crippen LogP contribution in [-0.2, 0) is 14.3 Å². The Hall–Kier alpha value is -2.44. The zero-order valence-corrected chi connectivity index (χ0v) is 15.1. The Balaban J connectivity index is 1.54. The Kier molecular flexibility index (Phi) is 5.25. The minimum Gasteiger partial charge on any atom is -0.456 e. The van der Waals surface area contributed by atoms with Gasteiger partial charge in [0.25, 0.3) is 11.6 Å². The predicted molar refractivity (Wildman–Crippen MR) is 95.7 cm³/mol. The standard InChI is InChI=1S/C19H24N2O5/c1-11-3-6-16(21(24)25)19(12(11)2)20-17(22)10-26-18(23)9-15-8-13-4-5-14(15)7-13/h3,6,13-15H,4-5,7-10H2,1-2H3,(H,20,22)/t13-,14-,15-/m1/s1. The van der Waals surface area contributed by atoms with Gasteiger partial charge in [0.05, 0.1) is 4.92 Å². The van der Waals surface area contributed by atoms with E-state index in [1.165, 1.54) is 25.3 Å². The molecule has 2 aliphatic rings. The Labute approximate surface area is 152 Å². The Bertz CT molecular complexity index is 746. The first-order chi connectivity index (χ1) is 12.3. The summed E-state index contributed by atoms with van der Waals surface area (Å²) in [6, 6.07) is 3.00. The molecule has 3 atom stereocenters. The lowest BCUT2D eigenvalue weighted by Gasteiger charge is -2.20. The fourth-order valence-corrected chi connectivity index (χ4v) is 4.33. The number of aryl methyl sites for hydroxylation is 1. The van der Waals surface area contributed by atoms with Gasteiger partial charge in [-0.2, -0.15) is 0 Å². The topological polar surface area (TPSA) is 98.5 Å². The van der Waals surface area contributed by atoms with Crippen molar-refractivity contribution in [2.24, 2.45) is 17.8 Å². The third-order valence-corrected chi connectivity index (χ3v) is 5.85. The molecule has 26 heavy (non-hydrogen) atoms. The van der Waals surface area contributed by atoms with Crippen LogP contribution in [0.15, 0.2) is 12.1 Å². The molecule has 0 heterocycles. The molecule has 3 rings (SSSR count). The number of carbonyl (C=O) groups excluding carboxylic acids is 2. The highest BCUT2D eigenvalue weighted by Gasteiger charge is 2.40. The van der Waals surface area contributed by atoms with Crippen LogP contribution in [0.4, 0.5) is 11.4 Å². The lowest BCUT2D eigenvalue weighted by atomic mass is 9.86. The number of anilines is 1. The van der Waals surface area contributed by atoms with Crippen molar-refractivity contribution < 1.29 is 19.2 Å². The summed E-state index contributed by atoms with van der Waals surface area (Å²) in [4.78, 5) is 34.7. The third kappa shape index (κ3) is 3.86. The quantitative estimate of drug-likeness (QED) is 0.475. The summed E-state index contributed by atoms with van der Waals surface area (Å²) in [6.45, 7) is 3.09. The molecule has 0 saturated heterocycles. The summed E-state index contributed by atoms with van der Waals surface area (Å²) in [6.07, 6.45) is 5.13. The molecule has 1 aromatic rings. The Morgan fingerprint density at radius 2 is 2.04 bits per heavy atom. The van der Waals surface area contributed by atoms with Gasteiger partial charge < -0.3 is 10.1 Å². The molecule has 7 nitrogen and oxygen atoms in total. The normalized spacial score (nSPS) is 23.7. The summed E-state index contributed by atoms with van der Waals surface area (Å²) in [5.74, 6) is 0.825. The summed E-state index contributed by atoms with van der Waals surface area (Å²) >= 11 is 0. The lowest BCUT2D eigenvalue weighted by molar-refractivity contribution is -0.384. The number of amides is 1. The van der Waals surface area contributed by atoms with Gasteiger partial charge in [0.1, 0.15) is 5.69 Å². The zero-order chi connectivity index (χ0) is 18.8. The van der Waals surface area contributed by atoms with Crippen LogP contribution in [0.25, 0.3) is 0 Å². The summed E-state index contributed by atoms with van der Waals surface area (Å²) < 4.78 is 5.10. The molecule has 7 heteroatoms. The number of carbonyl (C=O) groups is 2. The van der Waals surface area contributed by atoms with Crippen molar-refractivity contribution in [2.75, 3.05) is 11.9 Å². The molecule has 140 valence electrons. The van der Waals surface area contributed by atoms with Crippen molar-refractivity contribution in [1.29, 1.82) is 0 Å². The van der Waals surface area contributed by atoms with Gasteiger partial charge >= 0.3 is 5.97 Å². The highest BCUT2D eigenvalue weighted by atomic mass is 16.6. The van der Waals surface area contributed by atoms with Gasteiger partial charge in [0.2, 0.25) is 0 Å². The van der Waals surface area contributed by atoms with Crippen LogP contribution in [0.3, 0.4) is 0 Å². The average Bonchev–Trinajstić information content (AvgIpc) is 3.20. The molecule has 0 aromatic heterocycles. The maximum Gasteiger partial charge on any atom is 0.306 e. The molecule has 2 bridgehead atoms.